The topological polar surface area (TPSA) is 126 Å². The number of amides is 3. The minimum atomic E-state index is -1.48. The monoisotopic (exact) mass is 534 g/mol. The fraction of sp³-hybridized carbons (Fsp3) is 0.414. The van der Waals surface area contributed by atoms with E-state index in [4.69, 9.17) is 14.2 Å². The van der Waals surface area contributed by atoms with E-state index in [-0.39, 0.29) is 17.7 Å². The highest BCUT2D eigenvalue weighted by molar-refractivity contribution is 6.23. The maximum absolute atomic E-state index is 13.7. The number of imide groups is 1. The highest BCUT2D eigenvalue weighted by Gasteiger charge is 2.61. The number of fused-ring (bicyclic) bond motifs is 2. The summed E-state index contributed by atoms with van der Waals surface area (Å²) in [5.41, 5.74) is 1.33. The van der Waals surface area contributed by atoms with Crippen LogP contribution in [0.25, 0.3) is 6.08 Å². The van der Waals surface area contributed by atoms with Crippen LogP contribution in [0.1, 0.15) is 46.0 Å². The summed E-state index contributed by atoms with van der Waals surface area (Å²) in [6.45, 7) is 2.12. The summed E-state index contributed by atoms with van der Waals surface area (Å²) in [6.07, 6.45) is -1.14. The highest BCUT2D eigenvalue weighted by atomic mass is 16.7. The molecular formula is C29H30N2O8. The van der Waals surface area contributed by atoms with Gasteiger partial charge in [-0.1, -0.05) is 68.0 Å². The van der Waals surface area contributed by atoms with E-state index >= 15 is 0 Å². The second kappa shape index (κ2) is 10.3. The van der Waals surface area contributed by atoms with Crippen molar-refractivity contribution in [3.05, 3.63) is 77.4 Å². The van der Waals surface area contributed by atoms with E-state index in [0.29, 0.717) is 6.42 Å². The molecule has 204 valence electrons. The van der Waals surface area contributed by atoms with Gasteiger partial charge in [0.2, 0.25) is 0 Å². The molecule has 0 radical (unpaired) electrons. The number of aliphatic hydroxyl groups is 2. The minimum Gasteiger partial charge on any atom is -0.387 e. The molecule has 4 heterocycles. The van der Waals surface area contributed by atoms with Gasteiger partial charge in [-0.05, 0) is 24.1 Å². The van der Waals surface area contributed by atoms with Gasteiger partial charge in [0.15, 0.2) is 12.5 Å². The van der Waals surface area contributed by atoms with E-state index in [1.807, 2.05) is 37.3 Å². The van der Waals surface area contributed by atoms with E-state index in [9.17, 15) is 24.6 Å². The van der Waals surface area contributed by atoms with Crippen LogP contribution in [0.2, 0.25) is 0 Å². The maximum Gasteiger partial charge on any atom is 0.262 e. The third-order valence-electron chi connectivity index (χ3n) is 7.75. The van der Waals surface area contributed by atoms with Gasteiger partial charge < -0.3 is 29.3 Å². The number of hydrogen-bond donors (Lipinski definition) is 2. The van der Waals surface area contributed by atoms with E-state index in [1.165, 1.54) is 4.90 Å². The average Bonchev–Trinajstić information content (AvgIpc) is 3.20. The number of carbonyl (C=O) groups is 3. The largest absolute Gasteiger partial charge is 0.387 e. The number of aliphatic hydroxyl groups excluding tert-OH is 2. The first kappa shape index (κ1) is 25.8. The molecule has 10 heteroatoms. The molecule has 0 aliphatic carbocycles. The quantitative estimate of drug-likeness (QED) is 0.423. The summed E-state index contributed by atoms with van der Waals surface area (Å²) < 4.78 is 17.7. The molecule has 8 atom stereocenters. The van der Waals surface area contributed by atoms with Crippen LogP contribution >= 0.6 is 0 Å². The Bertz CT molecular complexity index is 1260. The Hall–Kier alpha value is -3.41. The normalized spacial score (nSPS) is 34.3. The fourth-order valence-electron chi connectivity index (χ4n) is 5.76. The predicted octanol–water partition coefficient (Wildman–Crippen LogP) is 1.56. The van der Waals surface area contributed by atoms with Crippen molar-refractivity contribution >= 4 is 23.8 Å². The molecule has 0 aromatic heterocycles. The number of nitrogens with zero attached hydrogens (tertiary/aromatic N) is 2. The van der Waals surface area contributed by atoms with Gasteiger partial charge >= 0.3 is 0 Å². The van der Waals surface area contributed by atoms with Crippen molar-refractivity contribution in [1.82, 2.24) is 9.80 Å². The lowest BCUT2D eigenvalue weighted by Gasteiger charge is -2.56. The number of rotatable bonds is 6. The van der Waals surface area contributed by atoms with Crippen LogP contribution in [0.15, 0.2) is 60.7 Å². The number of hydrogen-bond acceptors (Lipinski definition) is 8. The molecule has 1 unspecified atom stereocenters. The van der Waals surface area contributed by atoms with E-state index in [1.54, 1.807) is 36.4 Å². The summed E-state index contributed by atoms with van der Waals surface area (Å²) in [5, 5.41) is 22.1. The second-order valence-electron chi connectivity index (χ2n) is 10.2. The zero-order chi connectivity index (χ0) is 27.3. The molecule has 4 aliphatic rings. The molecule has 3 saturated heterocycles. The molecule has 6 rings (SSSR count). The number of benzene rings is 2. The zero-order valence-corrected chi connectivity index (χ0v) is 21.3. The fourth-order valence-corrected chi connectivity index (χ4v) is 5.76. The molecule has 39 heavy (non-hydrogen) atoms. The molecule has 10 nitrogen and oxygen atoms in total. The van der Waals surface area contributed by atoms with Crippen molar-refractivity contribution in [1.29, 1.82) is 0 Å². The first-order valence-corrected chi connectivity index (χ1v) is 13.2. The standard InChI is InChI=1S/C29H30N2O8/c1-2-8-21-37-15-20-25(39-21)23(32)24(33)29(38-20)30-19(14-13-16-9-4-3-5-10-16)22(28(30)36)31-26(34)17-11-6-7-12-18(17)27(31)35/h3-7,9-14,19-25,29,32-33H,2,8,15H2,1H3/b14-13+/t19-,20+,21?,22-,23+,24+,25+,29+/m0/s1. The molecule has 2 N–H and O–H groups in total. The Balaban J connectivity index is 1.30. The van der Waals surface area contributed by atoms with Gasteiger partial charge in [0.05, 0.1) is 23.8 Å². The predicted molar refractivity (Wildman–Crippen MR) is 137 cm³/mol. The number of ether oxygens (including phenoxy) is 3. The summed E-state index contributed by atoms with van der Waals surface area (Å²) in [7, 11) is 0. The number of carbonyl (C=O) groups excluding carboxylic acids is 3. The van der Waals surface area contributed by atoms with Gasteiger partial charge in [-0.2, -0.15) is 0 Å². The molecule has 0 saturated carbocycles. The third-order valence-corrected chi connectivity index (χ3v) is 7.75. The molecule has 3 amide bonds. The lowest BCUT2D eigenvalue weighted by Crippen LogP contribution is -2.77. The smallest absolute Gasteiger partial charge is 0.262 e. The van der Waals surface area contributed by atoms with Gasteiger partial charge in [0.25, 0.3) is 17.7 Å². The molecule has 2 aromatic rings. The van der Waals surface area contributed by atoms with Gasteiger partial charge in [-0.3, -0.25) is 19.3 Å². The Morgan fingerprint density at radius 3 is 2.26 bits per heavy atom. The molecule has 2 aromatic carbocycles. The van der Waals surface area contributed by atoms with Crippen LogP contribution < -0.4 is 0 Å². The van der Waals surface area contributed by atoms with E-state index in [0.717, 1.165) is 16.9 Å². The van der Waals surface area contributed by atoms with Gasteiger partial charge in [-0.15, -0.1) is 0 Å². The average molecular weight is 535 g/mol. The van der Waals surface area contributed by atoms with Crippen LogP contribution in [-0.2, 0) is 19.0 Å². The number of likely N-dealkylation sites (tertiary alicyclic amines) is 1. The van der Waals surface area contributed by atoms with Crippen LogP contribution in [0, 0.1) is 0 Å². The Kier molecular flexibility index (Phi) is 6.82. The van der Waals surface area contributed by atoms with Crippen LogP contribution in [-0.4, -0.2) is 93.4 Å². The highest BCUT2D eigenvalue weighted by Crippen LogP contribution is 2.39. The first-order valence-electron chi connectivity index (χ1n) is 13.2. The maximum atomic E-state index is 13.7. The molecule has 0 bridgehead atoms. The molecule has 4 aliphatic heterocycles. The number of β-lactam (4-membered cyclic amide) rings is 1. The zero-order valence-electron chi connectivity index (χ0n) is 21.3. The van der Waals surface area contributed by atoms with Crippen molar-refractivity contribution in [2.45, 2.75) is 68.8 Å². The summed E-state index contributed by atoms with van der Waals surface area (Å²) >= 11 is 0. The summed E-state index contributed by atoms with van der Waals surface area (Å²) in [6, 6.07) is 13.9. The second-order valence-corrected chi connectivity index (χ2v) is 10.2. The van der Waals surface area contributed by atoms with Crippen LogP contribution in [0.5, 0.6) is 0 Å². The lowest BCUT2D eigenvalue weighted by atomic mass is 9.88. The SMILES string of the molecule is CCCC1OC[C@H]2O[C@@H](N3C(=O)[C@@H](N4C(=O)c5ccccc5C4=O)[C@@H]3/C=C/c3ccccc3)[C@H](O)[C@@H](O)[C@@H]2O1. The van der Waals surface area contributed by atoms with E-state index in [2.05, 4.69) is 0 Å². The van der Waals surface area contributed by atoms with Crippen LogP contribution in [0.4, 0.5) is 0 Å². The molecule has 3 fully saturated rings. The van der Waals surface area contributed by atoms with Crippen molar-refractivity contribution in [2.75, 3.05) is 6.61 Å². The Morgan fingerprint density at radius 1 is 0.923 bits per heavy atom. The van der Waals surface area contributed by atoms with E-state index < -0.39 is 66.7 Å². The molecular weight excluding hydrogens is 504 g/mol. The Labute approximate surface area is 225 Å². The van der Waals surface area contributed by atoms with Crippen molar-refractivity contribution in [2.24, 2.45) is 0 Å². The van der Waals surface area contributed by atoms with Gasteiger partial charge in [0.1, 0.15) is 30.5 Å². The summed E-state index contributed by atoms with van der Waals surface area (Å²) in [5.74, 6) is -1.66. The molecule has 0 spiro atoms. The van der Waals surface area contributed by atoms with Crippen molar-refractivity contribution in [3.63, 3.8) is 0 Å². The van der Waals surface area contributed by atoms with Gasteiger partial charge in [-0.25, -0.2) is 0 Å². The first-order chi connectivity index (χ1) is 18.9. The van der Waals surface area contributed by atoms with Crippen LogP contribution in [0.3, 0.4) is 0 Å². The Morgan fingerprint density at radius 2 is 1.59 bits per heavy atom. The van der Waals surface area contributed by atoms with Gasteiger partial charge in [0, 0.05) is 0 Å². The lowest BCUT2D eigenvalue weighted by molar-refractivity contribution is -0.343. The minimum absolute atomic E-state index is 0.129. The summed E-state index contributed by atoms with van der Waals surface area (Å²) in [4.78, 5) is 42.4. The van der Waals surface area contributed by atoms with Crippen molar-refractivity contribution < 1.29 is 38.8 Å². The van der Waals surface area contributed by atoms with Crippen molar-refractivity contribution in [3.8, 4) is 0 Å². The third kappa shape index (κ3) is 4.29.